The lowest BCUT2D eigenvalue weighted by Gasteiger charge is -2.11. The van der Waals surface area contributed by atoms with Crippen LogP contribution in [0.3, 0.4) is 0 Å². The molecule has 0 bridgehead atoms. The minimum absolute atomic E-state index is 0.0698. The molecular formula is C13H15NO. The summed E-state index contributed by atoms with van der Waals surface area (Å²) in [6, 6.07) is 14.3. The summed E-state index contributed by atoms with van der Waals surface area (Å²) in [4.78, 5) is 0. The molecule has 0 radical (unpaired) electrons. The lowest BCUT2D eigenvalue weighted by Crippen LogP contribution is -2.11. The molecule has 2 aromatic rings. The van der Waals surface area contributed by atoms with Crippen molar-refractivity contribution in [1.82, 2.24) is 0 Å². The first-order valence-corrected chi connectivity index (χ1v) is 5.16. The Balaban J connectivity index is 2.38. The molecule has 3 N–H and O–H groups in total. The molecule has 15 heavy (non-hydrogen) atoms. The van der Waals surface area contributed by atoms with Gasteiger partial charge in [-0.2, -0.15) is 0 Å². The van der Waals surface area contributed by atoms with E-state index in [1.807, 2.05) is 18.2 Å². The van der Waals surface area contributed by atoms with E-state index in [9.17, 15) is 0 Å². The van der Waals surface area contributed by atoms with E-state index in [1.54, 1.807) is 0 Å². The fourth-order valence-electron chi connectivity index (χ4n) is 1.74. The largest absolute Gasteiger partial charge is 0.396 e. The summed E-state index contributed by atoms with van der Waals surface area (Å²) in [5.41, 5.74) is 7.02. The average Bonchev–Trinajstić information content (AvgIpc) is 2.29. The smallest absolute Gasteiger partial charge is 0.0449 e. The van der Waals surface area contributed by atoms with Gasteiger partial charge in [0.1, 0.15) is 0 Å². The maximum absolute atomic E-state index is 8.83. The van der Waals surface area contributed by atoms with Gasteiger partial charge in [0.15, 0.2) is 0 Å². The van der Waals surface area contributed by atoms with Gasteiger partial charge in [-0.1, -0.05) is 36.4 Å². The molecule has 1 atom stereocenters. The number of aliphatic hydroxyl groups excluding tert-OH is 1. The van der Waals surface area contributed by atoms with Crippen molar-refractivity contribution >= 4 is 10.8 Å². The molecule has 0 amide bonds. The zero-order chi connectivity index (χ0) is 10.7. The van der Waals surface area contributed by atoms with E-state index in [2.05, 4.69) is 24.3 Å². The monoisotopic (exact) mass is 201 g/mol. The summed E-state index contributed by atoms with van der Waals surface area (Å²) in [5.74, 6) is 0. The minimum Gasteiger partial charge on any atom is -0.396 e. The van der Waals surface area contributed by atoms with E-state index in [0.29, 0.717) is 6.42 Å². The number of hydrogen-bond acceptors (Lipinski definition) is 2. The van der Waals surface area contributed by atoms with E-state index in [4.69, 9.17) is 10.8 Å². The van der Waals surface area contributed by atoms with Crippen LogP contribution in [0, 0.1) is 0 Å². The molecule has 0 aliphatic rings. The third-order valence-electron chi connectivity index (χ3n) is 2.64. The Morgan fingerprint density at radius 1 is 1.07 bits per heavy atom. The molecule has 0 saturated heterocycles. The molecule has 0 saturated carbocycles. The Bertz CT molecular complexity index is 453. The SMILES string of the molecule is NC(CCO)c1ccc2ccccc2c1. The number of benzene rings is 2. The van der Waals surface area contributed by atoms with Crippen LogP contribution in [0.1, 0.15) is 18.0 Å². The van der Waals surface area contributed by atoms with Gasteiger partial charge in [0.25, 0.3) is 0 Å². The van der Waals surface area contributed by atoms with Crippen LogP contribution in [0.4, 0.5) is 0 Å². The number of rotatable bonds is 3. The fourth-order valence-corrected chi connectivity index (χ4v) is 1.74. The van der Waals surface area contributed by atoms with Gasteiger partial charge >= 0.3 is 0 Å². The van der Waals surface area contributed by atoms with Gasteiger partial charge in [0, 0.05) is 12.6 Å². The number of nitrogens with two attached hydrogens (primary N) is 1. The van der Waals surface area contributed by atoms with E-state index in [0.717, 1.165) is 5.56 Å². The van der Waals surface area contributed by atoms with Gasteiger partial charge in [-0.25, -0.2) is 0 Å². The van der Waals surface area contributed by atoms with E-state index in [1.165, 1.54) is 10.8 Å². The van der Waals surface area contributed by atoms with Gasteiger partial charge in [0.05, 0.1) is 0 Å². The molecule has 0 aliphatic heterocycles. The van der Waals surface area contributed by atoms with Crippen molar-refractivity contribution in [1.29, 1.82) is 0 Å². The standard InChI is InChI=1S/C13H15NO/c14-13(7-8-15)12-6-5-10-3-1-2-4-11(10)9-12/h1-6,9,13,15H,7-8,14H2. The lowest BCUT2D eigenvalue weighted by molar-refractivity contribution is 0.276. The van der Waals surface area contributed by atoms with Crippen molar-refractivity contribution in [3.05, 3.63) is 48.0 Å². The summed E-state index contributed by atoms with van der Waals surface area (Å²) in [6.45, 7) is 0.133. The predicted molar refractivity (Wildman–Crippen MR) is 62.6 cm³/mol. The molecule has 0 heterocycles. The number of aliphatic hydroxyl groups is 1. The molecule has 78 valence electrons. The summed E-state index contributed by atoms with van der Waals surface area (Å²) in [7, 11) is 0. The summed E-state index contributed by atoms with van der Waals surface area (Å²) in [6.07, 6.45) is 0.609. The zero-order valence-electron chi connectivity index (χ0n) is 8.56. The van der Waals surface area contributed by atoms with E-state index < -0.39 is 0 Å². The zero-order valence-corrected chi connectivity index (χ0v) is 8.56. The van der Waals surface area contributed by atoms with Crippen LogP contribution >= 0.6 is 0 Å². The fraction of sp³-hybridized carbons (Fsp3) is 0.231. The Labute approximate surface area is 89.3 Å². The van der Waals surface area contributed by atoms with Crippen LogP contribution in [-0.4, -0.2) is 11.7 Å². The molecule has 2 heteroatoms. The molecule has 1 unspecified atom stereocenters. The minimum atomic E-state index is -0.0698. The lowest BCUT2D eigenvalue weighted by atomic mass is 10.0. The van der Waals surface area contributed by atoms with Gasteiger partial charge < -0.3 is 10.8 Å². The summed E-state index contributed by atoms with van der Waals surface area (Å²) >= 11 is 0. The normalized spacial score (nSPS) is 12.9. The van der Waals surface area contributed by atoms with Crippen LogP contribution in [0.15, 0.2) is 42.5 Å². The van der Waals surface area contributed by atoms with Crippen molar-refractivity contribution in [2.24, 2.45) is 5.73 Å². The second-order valence-corrected chi connectivity index (χ2v) is 3.73. The Hall–Kier alpha value is -1.38. The van der Waals surface area contributed by atoms with Crippen molar-refractivity contribution in [3.63, 3.8) is 0 Å². The topological polar surface area (TPSA) is 46.2 Å². The first kappa shape index (κ1) is 10.1. The van der Waals surface area contributed by atoms with Gasteiger partial charge in [-0.05, 0) is 28.8 Å². The van der Waals surface area contributed by atoms with Crippen LogP contribution in [-0.2, 0) is 0 Å². The molecule has 2 nitrogen and oxygen atoms in total. The summed E-state index contributed by atoms with van der Waals surface area (Å²) in [5, 5.41) is 11.2. The maximum Gasteiger partial charge on any atom is 0.0449 e. The molecule has 0 aromatic heterocycles. The predicted octanol–water partition coefficient (Wildman–Crippen LogP) is 2.22. The molecule has 2 rings (SSSR count). The number of hydrogen-bond donors (Lipinski definition) is 2. The maximum atomic E-state index is 8.83. The summed E-state index contributed by atoms with van der Waals surface area (Å²) < 4.78 is 0. The van der Waals surface area contributed by atoms with Crippen LogP contribution in [0.2, 0.25) is 0 Å². The first-order chi connectivity index (χ1) is 7.31. The Morgan fingerprint density at radius 3 is 2.53 bits per heavy atom. The van der Waals surface area contributed by atoms with Crippen LogP contribution in [0.25, 0.3) is 10.8 Å². The average molecular weight is 201 g/mol. The van der Waals surface area contributed by atoms with Crippen molar-refractivity contribution in [2.75, 3.05) is 6.61 Å². The third-order valence-corrected chi connectivity index (χ3v) is 2.64. The highest BCUT2D eigenvalue weighted by atomic mass is 16.3. The molecular weight excluding hydrogens is 186 g/mol. The van der Waals surface area contributed by atoms with Crippen molar-refractivity contribution in [3.8, 4) is 0 Å². The van der Waals surface area contributed by atoms with Crippen molar-refractivity contribution in [2.45, 2.75) is 12.5 Å². The molecule has 0 fully saturated rings. The first-order valence-electron chi connectivity index (χ1n) is 5.16. The second-order valence-electron chi connectivity index (χ2n) is 3.73. The van der Waals surface area contributed by atoms with E-state index in [-0.39, 0.29) is 12.6 Å². The van der Waals surface area contributed by atoms with Crippen molar-refractivity contribution < 1.29 is 5.11 Å². The second kappa shape index (κ2) is 4.43. The van der Waals surface area contributed by atoms with Gasteiger partial charge in [-0.3, -0.25) is 0 Å². The highest BCUT2D eigenvalue weighted by Crippen LogP contribution is 2.20. The van der Waals surface area contributed by atoms with Crippen LogP contribution in [0.5, 0.6) is 0 Å². The molecule has 0 spiro atoms. The van der Waals surface area contributed by atoms with Crippen LogP contribution < -0.4 is 5.73 Å². The molecule has 2 aromatic carbocycles. The molecule has 0 aliphatic carbocycles. The van der Waals surface area contributed by atoms with Gasteiger partial charge in [0.2, 0.25) is 0 Å². The Kier molecular flexibility index (Phi) is 2.99. The highest BCUT2D eigenvalue weighted by Gasteiger charge is 2.05. The highest BCUT2D eigenvalue weighted by molar-refractivity contribution is 5.83. The number of fused-ring (bicyclic) bond motifs is 1. The van der Waals surface area contributed by atoms with Gasteiger partial charge in [-0.15, -0.1) is 0 Å². The third kappa shape index (κ3) is 2.17. The van der Waals surface area contributed by atoms with E-state index >= 15 is 0 Å². The Morgan fingerprint density at radius 2 is 1.80 bits per heavy atom. The quantitative estimate of drug-likeness (QED) is 0.799.